The molecule has 3 aromatic rings. The summed E-state index contributed by atoms with van der Waals surface area (Å²) in [7, 11) is 0. The first-order valence-electron chi connectivity index (χ1n) is 18.5. The van der Waals surface area contributed by atoms with E-state index in [0.29, 0.717) is 16.7 Å². The highest BCUT2D eigenvalue weighted by Gasteiger charge is 2.30. The predicted octanol–water partition coefficient (Wildman–Crippen LogP) is 13.5. The summed E-state index contributed by atoms with van der Waals surface area (Å²) < 4.78 is 37.7. The van der Waals surface area contributed by atoms with Crippen molar-refractivity contribution in [3.8, 4) is 12.3 Å². The predicted molar refractivity (Wildman–Crippen MR) is 201 cm³/mol. The third-order valence-electron chi connectivity index (χ3n) is 8.90. The van der Waals surface area contributed by atoms with Crippen molar-refractivity contribution >= 4 is 22.4 Å². The van der Waals surface area contributed by atoms with Crippen LogP contribution in [0.5, 0.6) is 0 Å². The van der Waals surface area contributed by atoms with E-state index in [-0.39, 0.29) is 5.56 Å². The van der Waals surface area contributed by atoms with Crippen LogP contribution in [0.15, 0.2) is 54.6 Å². The van der Waals surface area contributed by atoms with Gasteiger partial charge in [-0.3, -0.25) is 0 Å². The Morgan fingerprint density at radius 1 is 0.776 bits per heavy atom. The molecule has 3 nitrogen and oxygen atoms in total. The van der Waals surface area contributed by atoms with E-state index in [4.69, 9.17) is 6.42 Å². The van der Waals surface area contributed by atoms with Crippen molar-refractivity contribution in [2.75, 3.05) is 11.9 Å². The Hall–Kier alpha value is -3.46. The average Bonchev–Trinajstić information content (AvgIpc) is 3.05. The van der Waals surface area contributed by atoms with E-state index in [2.05, 4.69) is 45.0 Å². The molecule has 0 amide bonds. The quantitative estimate of drug-likeness (QED) is 0.0923. The summed E-state index contributed by atoms with van der Waals surface area (Å²) in [4.78, 5) is 11.6. The standard InChI is InChI=1S/C26H34O2.C17H26F3N/c1-5-21-15-16-22-19-20(14-17-23(22)24(21)25(27)28)13-11-9-7-6-8-10-12-18-26(2,3)4;1-2-3-4-5-6-7-8-9-13-21-16-12-10-11-15(14-16)17(18,19)20/h1,14-17,19H,6-13,18H2,2-4H3,(H,27,28);10-12,14,21H,2-9,13H2,1H3. The summed E-state index contributed by atoms with van der Waals surface area (Å²) in [5.74, 6) is 1.51. The first-order chi connectivity index (χ1) is 23.4. The number of fused-ring (bicyclic) bond motifs is 1. The van der Waals surface area contributed by atoms with Crippen LogP contribution in [0.4, 0.5) is 18.9 Å². The van der Waals surface area contributed by atoms with Crippen molar-refractivity contribution in [2.45, 2.75) is 143 Å². The lowest BCUT2D eigenvalue weighted by molar-refractivity contribution is -0.137. The summed E-state index contributed by atoms with van der Waals surface area (Å²) in [6.07, 6.45) is 22.5. The number of aryl methyl sites for hydroxylation is 1. The average molecular weight is 680 g/mol. The van der Waals surface area contributed by atoms with Gasteiger partial charge >= 0.3 is 12.1 Å². The Balaban J connectivity index is 0.000000355. The van der Waals surface area contributed by atoms with Gasteiger partial charge in [0.25, 0.3) is 0 Å². The van der Waals surface area contributed by atoms with Gasteiger partial charge < -0.3 is 10.4 Å². The monoisotopic (exact) mass is 679 g/mol. The highest BCUT2D eigenvalue weighted by atomic mass is 19.4. The number of aromatic carboxylic acids is 1. The largest absolute Gasteiger partial charge is 0.478 e. The van der Waals surface area contributed by atoms with Crippen LogP contribution in [-0.2, 0) is 12.6 Å². The summed E-state index contributed by atoms with van der Waals surface area (Å²) >= 11 is 0. The number of alkyl halides is 3. The summed E-state index contributed by atoms with van der Waals surface area (Å²) in [5.41, 5.74) is 2.36. The number of halogens is 3. The van der Waals surface area contributed by atoms with E-state index >= 15 is 0 Å². The maximum atomic E-state index is 12.6. The van der Waals surface area contributed by atoms with Crippen molar-refractivity contribution in [2.24, 2.45) is 5.41 Å². The molecule has 0 saturated heterocycles. The SMILES string of the molecule is C#Cc1ccc2cc(CCCCCCCCCC(C)(C)C)ccc2c1C(=O)O.CCCCCCCCCCNc1cccc(C(F)(F)F)c1. The first kappa shape index (κ1) is 41.7. The second kappa shape index (κ2) is 22.3. The van der Waals surface area contributed by atoms with E-state index in [1.807, 2.05) is 18.2 Å². The minimum Gasteiger partial charge on any atom is -0.478 e. The molecule has 0 fully saturated rings. The lowest BCUT2D eigenvalue weighted by Crippen LogP contribution is -2.07. The molecular weight excluding hydrogens is 619 g/mol. The second-order valence-corrected chi connectivity index (χ2v) is 14.5. The number of carbonyl (C=O) groups is 1. The fourth-order valence-electron chi connectivity index (χ4n) is 6.05. The van der Waals surface area contributed by atoms with Gasteiger partial charge in [0.05, 0.1) is 11.1 Å². The molecule has 0 spiro atoms. The molecule has 0 aliphatic carbocycles. The lowest BCUT2D eigenvalue weighted by atomic mass is 9.89. The van der Waals surface area contributed by atoms with Gasteiger partial charge in [-0.05, 0) is 71.7 Å². The fraction of sp³-hybridized carbons (Fsp3) is 0.558. The van der Waals surface area contributed by atoms with Crippen LogP contribution in [0, 0.1) is 17.8 Å². The van der Waals surface area contributed by atoms with Crippen molar-refractivity contribution in [1.82, 2.24) is 0 Å². The smallest absolute Gasteiger partial charge is 0.416 e. The first-order valence-corrected chi connectivity index (χ1v) is 18.5. The van der Waals surface area contributed by atoms with E-state index in [1.54, 1.807) is 12.1 Å². The molecule has 0 atom stereocenters. The highest BCUT2D eigenvalue weighted by Crippen LogP contribution is 2.31. The van der Waals surface area contributed by atoms with Crippen LogP contribution in [0.25, 0.3) is 10.8 Å². The molecule has 49 heavy (non-hydrogen) atoms. The molecule has 0 unspecified atom stereocenters. The number of terminal acetylenes is 1. The zero-order valence-electron chi connectivity index (χ0n) is 30.5. The Kier molecular flexibility index (Phi) is 19.0. The molecule has 0 radical (unpaired) electrons. The molecular formula is C43H60F3NO2. The van der Waals surface area contributed by atoms with Gasteiger partial charge in [0.1, 0.15) is 0 Å². The van der Waals surface area contributed by atoms with Gasteiger partial charge in [-0.15, -0.1) is 6.42 Å². The zero-order chi connectivity index (χ0) is 36.1. The highest BCUT2D eigenvalue weighted by molar-refractivity contribution is 6.06. The number of nitrogens with one attached hydrogen (secondary N) is 1. The maximum absolute atomic E-state index is 12.6. The summed E-state index contributed by atoms with van der Waals surface area (Å²) in [6.45, 7) is 9.89. The van der Waals surface area contributed by atoms with Gasteiger partial charge in [0, 0.05) is 17.8 Å². The van der Waals surface area contributed by atoms with Gasteiger partial charge in [0.15, 0.2) is 0 Å². The number of rotatable bonds is 20. The van der Waals surface area contributed by atoms with Crippen LogP contribution in [0.3, 0.4) is 0 Å². The molecule has 0 bridgehead atoms. The van der Waals surface area contributed by atoms with E-state index in [9.17, 15) is 23.1 Å². The Bertz CT molecular complexity index is 1430. The van der Waals surface area contributed by atoms with E-state index < -0.39 is 17.7 Å². The van der Waals surface area contributed by atoms with Crippen molar-refractivity contribution in [3.05, 3.63) is 76.9 Å². The fourth-order valence-corrected chi connectivity index (χ4v) is 6.05. The molecule has 3 aromatic carbocycles. The van der Waals surface area contributed by atoms with Gasteiger partial charge in [-0.1, -0.05) is 147 Å². The van der Waals surface area contributed by atoms with Crippen LogP contribution in [0.2, 0.25) is 0 Å². The molecule has 270 valence electrons. The van der Waals surface area contributed by atoms with Crippen LogP contribution >= 0.6 is 0 Å². The van der Waals surface area contributed by atoms with E-state index in [0.717, 1.165) is 42.6 Å². The van der Waals surface area contributed by atoms with E-state index in [1.165, 1.54) is 108 Å². The molecule has 0 heterocycles. The lowest BCUT2D eigenvalue weighted by Gasteiger charge is -2.17. The summed E-state index contributed by atoms with van der Waals surface area (Å²) in [6, 6.07) is 15.1. The molecule has 6 heteroatoms. The normalized spacial score (nSPS) is 11.6. The Labute approximate surface area is 294 Å². The number of hydrogen-bond donors (Lipinski definition) is 2. The van der Waals surface area contributed by atoms with Crippen molar-refractivity contribution in [1.29, 1.82) is 0 Å². The number of benzene rings is 3. The number of anilines is 1. The molecule has 0 aliphatic heterocycles. The van der Waals surface area contributed by atoms with Gasteiger partial charge in [0.2, 0.25) is 0 Å². The molecule has 3 rings (SSSR count). The molecule has 2 N–H and O–H groups in total. The maximum Gasteiger partial charge on any atom is 0.416 e. The number of carboxylic acid groups (broad SMARTS) is 1. The Morgan fingerprint density at radius 2 is 1.39 bits per heavy atom. The van der Waals surface area contributed by atoms with Crippen molar-refractivity contribution in [3.63, 3.8) is 0 Å². The van der Waals surface area contributed by atoms with Crippen LogP contribution in [-0.4, -0.2) is 17.6 Å². The number of unbranched alkanes of at least 4 members (excludes halogenated alkanes) is 13. The van der Waals surface area contributed by atoms with Crippen LogP contribution < -0.4 is 5.32 Å². The second-order valence-electron chi connectivity index (χ2n) is 14.5. The van der Waals surface area contributed by atoms with Gasteiger partial charge in [-0.25, -0.2) is 4.79 Å². The third-order valence-corrected chi connectivity index (χ3v) is 8.90. The minimum absolute atomic E-state index is 0.234. The molecule has 0 aliphatic rings. The summed E-state index contributed by atoms with van der Waals surface area (Å²) in [5, 5.41) is 14.2. The molecule has 0 saturated carbocycles. The Morgan fingerprint density at radius 3 is 1.98 bits per heavy atom. The third kappa shape index (κ3) is 17.2. The van der Waals surface area contributed by atoms with Crippen molar-refractivity contribution < 1.29 is 23.1 Å². The van der Waals surface area contributed by atoms with Gasteiger partial charge in [-0.2, -0.15) is 13.2 Å². The van der Waals surface area contributed by atoms with Crippen LogP contribution in [0.1, 0.15) is 157 Å². The topological polar surface area (TPSA) is 49.3 Å². The number of hydrogen-bond acceptors (Lipinski definition) is 2. The minimum atomic E-state index is -4.27. The molecule has 0 aromatic heterocycles. The zero-order valence-corrected chi connectivity index (χ0v) is 30.5. The number of carboxylic acids is 1.